The van der Waals surface area contributed by atoms with Crippen molar-refractivity contribution in [3.05, 3.63) is 0 Å². The third-order valence-corrected chi connectivity index (χ3v) is 2.65. The summed E-state index contributed by atoms with van der Waals surface area (Å²) in [7, 11) is 0. The van der Waals surface area contributed by atoms with Gasteiger partial charge in [0.25, 0.3) is 0 Å². The summed E-state index contributed by atoms with van der Waals surface area (Å²) in [6, 6.07) is 0.607. The van der Waals surface area contributed by atoms with Crippen LogP contribution < -0.4 is 5.32 Å². The molecule has 3 nitrogen and oxygen atoms in total. The summed E-state index contributed by atoms with van der Waals surface area (Å²) in [4.78, 5) is 2.44. The van der Waals surface area contributed by atoms with E-state index < -0.39 is 5.60 Å². The van der Waals surface area contributed by atoms with E-state index in [-0.39, 0.29) is 0 Å². The Hall–Kier alpha value is -0.120. The van der Waals surface area contributed by atoms with Crippen LogP contribution in [0.1, 0.15) is 27.2 Å². The van der Waals surface area contributed by atoms with Gasteiger partial charge in [0.15, 0.2) is 0 Å². The smallest absolute Gasteiger partial charge is 0.0603 e. The summed E-state index contributed by atoms with van der Waals surface area (Å²) >= 11 is 0. The number of nitrogens with one attached hydrogen (secondary N) is 1. The molecule has 1 aliphatic rings. The molecule has 1 fully saturated rings. The Kier molecular flexibility index (Phi) is 3.71. The second kappa shape index (κ2) is 4.40. The van der Waals surface area contributed by atoms with Gasteiger partial charge in [-0.15, -0.1) is 0 Å². The summed E-state index contributed by atoms with van der Waals surface area (Å²) in [6.07, 6.45) is 0.858. The molecule has 3 heteroatoms. The molecule has 0 aromatic rings. The minimum Gasteiger partial charge on any atom is -0.390 e. The Morgan fingerprint density at radius 3 is 2.77 bits per heavy atom. The molecule has 1 unspecified atom stereocenters. The van der Waals surface area contributed by atoms with E-state index in [1.54, 1.807) is 0 Å². The summed E-state index contributed by atoms with van der Waals surface area (Å²) in [5.74, 6) is 0. The molecule has 0 radical (unpaired) electrons. The first kappa shape index (κ1) is 11.0. The Balaban J connectivity index is 2.27. The van der Waals surface area contributed by atoms with Gasteiger partial charge in [-0.2, -0.15) is 0 Å². The SMILES string of the molecule is CC1CNCCN1CCC(C)(C)O. The molecule has 1 aliphatic heterocycles. The van der Waals surface area contributed by atoms with Crippen molar-refractivity contribution in [2.75, 3.05) is 26.2 Å². The first-order valence-corrected chi connectivity index (χ1v) is 5.16. The minimum absolute atomic E-state index is 0.523. The number of piperazine rings is 1. The molecule has 0 aliphatic carbocycles. The van der Waals surface area contributed by atoms with E-state index in [4.69, 9.17) is 0 Å². The molecule has 78 valence electrons. The van der Waals surface area contributed by atoms with Crippen LogP contribution in [-0.2, 0) is 0 Å². The Labute approximate surface area is 81.1 Å². The molecule has 1 saturated heterocycles. The van der Waals surface area contributed by atoms with Crippen molar-refractivity contribution in [2.24, 2.45) is 0 Å². The lowest BCUT2D eigenvalue weighted by molar-refractivity contribution is 0.0485. The van der Waals surface area contributed by atoms with E-state index in [2.05, 4.69) is 17.1 Å². The van der Waals surface area contributed by atoms with Crippen molar-refractivity contribution in [1.29, 1.82) is 0 Å². The van der Waals surface area contributed by atoms with Crippen LogP contribution in [0.3, 0.4) is 0 Å². The van der Waals surface area contributed by atoms with Gasteiger partial charge in [-0.25, -0.2) is 0 Å². The van der Waals surface area contributed by atoms with Crippen molar-refractivity contribution in [2.45, 2.75) is 38.8 Å². The number of hydrogen-bond donors (Lipinski definition) is 2. The van der Waals surface area contributed by atoms with Crippen LogP contribution in [0.15, 0.2) is 0 Å². The van der Waals surface area contributed by atoms with E-state index in [0.717, 1.165) is 32.6 Å². The van der Waals surface area contributed by atoms with E-state index in [0.29, 0.717) is 6.04 Å². The van der Waals surface area contributed by atoms with Gasteiger partial charge in [0.1, 0.15) is 0 Å². The van der Waals surface area contributed by atoms with Crippen molar-refractivity contribution >= 4 is 0 Å². The summed E-state index contributed by atoms with van der Waals surface area (Å²) in [5.41, 5.74) is -0.523. The molecule has 0 saturated carbocycles. The zero-order chi connectivity index (χ0) is 9.90. The van der Waals surface area contributed by atoms with Crippen molar-refractivity contribution in [3.63, 3.8) is 0 Å². The quantitative estimate of drug-likeness (QED) is 0.671. The summed E-state index contributed by atoms with van der Waals surface area (Å²) < 4.78 is 0. The van der Waals surface area contributed by atoms with E-state index in [1.807, 2.05) is 13.8 Å². The maximum Gasteiger partial charge on any atom is 0.0603 e. The highest BCUT2D eigenvalue weighted by molar-refractivity contribution is 4.78. The van der Waals surface area contributed by atoms with Gasteiger partial charge in [-0.1, -0.05) is 0 Å². The van der Waals surface area contributed by atoms with E-state index in [9.17, 15) is 5.11 Å². The largest absolute Gasteiger partial charge is 0.390 e. The maximum atomic E-state index is 9.59. The van der Waals surface area contributed by atoms with Crippen molar-refractivity contribution in [3.8, 4) is 0 Å². The molecular formula is C10H22N2O. The second-order valence-corrected chi connectivity index (χ2v) is 4.65. The van der Waals surface area contributed by atoms with Gasteiger partial charge in [0, 0.05) is 32.2 Å². The number of aliphatic hydroxyl groups is 1. The molecule has 0 aromatic heterocycles. The van der Waals surface area contributed by atoms with Crippen LogP contribution in [0, 0.1) is 0 Å². The Bertz CT molecular complexity index is 153. The average molecular weight is 186 g/mol. The number of rotatable bonds is 3. The summed E-state index contributed by atoms with van der Waals surface area (Å²) in [5, 5.41) is 12.9. The highest BCUT2D eigenvalue weighted by atomic mass is 16.3. The van der Waals surface area contributed by atoms with Gasteiger partial charge in [-0.05, 0) is 27.2 Å². The second-order valence-electron chi connectivity index (χ2n) is 4.65. The first-order chi connectivity index (χ1) is 5.99. The predicted molar refractivity (Wildman–Crippen MR) is 54.8 cm³/mol. The van der Waals surface area contributed by atoms with Crippen molar-refractivity contribution in [1.82, 2.24) is 10.2 Å². The molecule has 0 bridgehead atoms. The van der Waals surface area contributed by atoms with Gasteiger partial charge in [0.05, 0.1) is 5.60 Å². The van der Waals surface area contributed by atoms with E-state index in [1.165, 1.54) is 0 Å². The molecule has 13 heavy (non-hydrogen) atoms. The summed E-state index contributed by atoms with van der Waals surface area (Å²) in [6.45, 7) is 10.3. The predicted octanol–water partition coefficient (Wildman–Crippen LogP) is 0.441. The fourth-order valence-corrected chi connectivity index (χ4v) is 1.63. The van der Waals surface area contributed by atoms with Crippen LogP contribution in [0.4, 0.5) is 0 Å². The molecule has 0 aromatic carbocycles. The lowest BCUT2D eigenvalue weighted by Gasteiger charge is -2.35. The highest BCUT2D eigenvalue weighted by Crippen LogP contribution is 2.11. The molecule has 0 spiro atoms. The fourth-order valence-electron chi connectivity index (χ4n) is 1.63. The average Bonchev–Trinajstić information content (AvgIpc) is 2.01. The Morgan fingerprint density at radius 1 is 1.54 bits per heavy atom. The lowest BCUT2D eigenvalue weighted by Crippen LogP contribution is -2.50. The van der Waals surface area contributed by atoms with Crippen LogP contribution in [-0.4, -0.2) is 47.8 Å². The topological polar surface area (TPSA) is 35.5 Å². The molecule has 1 rings (SSSR count). The van der Waals surface area contributed by atoms with Crippen LogP contribution >= 0.6 is 0 Å². The van der Waals surface area contributed by atoms with Gasteiger partial charge in [0.2, 0.25) is 0 Å². The zero-order valence-electron chi connectivity index (χ0n) is 9.01. The number of hydrogen-bond acceptors (Lipinski definition) is 3. The number of nitrogens with zero attached hydrogens (tertiary/aromatic N) is 1. The lowest BCUT2D eigenvalue weighted by atomic mass is 10.0. The third kappa shape index (κ3) is 4.07. The van der Waals surface area contributed by atoms with Gasteiger partial charge >= 0.3 is 0 Å². The zero-order valence-corrected chi connectivity index (χ0v) is 9.01. The van der Waals surface area contributed by atoms with E-state index >= 15 is 0 Å². The molecule has 2 N–H and O–H groups in total. The van der Waals surface area contributed by atoms with Crippen LogP contribution in [0.2, 0.25) is 0 Å². The van der Waals surface area contributed by atoms with Gasteiger partial charge < -0.3 is 10.4 Å². The maximum absolute atomic E-state index is 9.59. The van der Waals surface area contributed by atoms with Crippen molar-refractivity contribution < 1.29 is 5.11 Å². The minimum atomic E-state index is -0.523. The normalized spacial score (nSPS) is 26.3. The molecule has 0 amide bonds. The molecular weight excluding hydrogens is 164 g/mol. The highest BCUT2D eigenvalue weighted by Gasteiger charge is 2.20. The Morgan fingerprint density at radius 2 is 2.23 bits per heavy atom. The first-order valence-electron chi connectivity index (χ1n) is 5.16. The standard InChI is InChI=1S/C10H22N2O/c1-9-8-11-5-7-12(9)6-4-10(2,3)13/h9,11,13H,4-8H2,1-3H3. The third-order valence-electron chi connectivity index (χ3n) is 2.65. The van der Waals surface area contributed by atoms with Crippen LogP contribution in [0.25, 0.3) is 0 Å². The molecule has 1 heterocycles. The fraction of sp³-hybridized carbons (Fsp3) is 1.00. The monoisotopic (exact) mass is 186 g/mol. The molecule has 1 atom stereocenters. The van der Waals surface area contributed by atoms with Gasteiger partial charge in [-0.3, -0.25) is 4.90 Å². The van der Waals surface area contributed by atoms with Crippen LogP contribution in [0.5, 0.6) is 0 Å².